The van der Waals surface area contributed by atoms with Crippen molar-refractivity contribution in [3.8, 4) is 0 Å². The number of rotatable bonds is 5. The van der Waals surface area contributed by atoms with Crippen LogP contribution < -0.4 is 5.32 Å². The normalized spacial score (nSPS) is 16.3. The van der Waals surface area contributed by atoms with E-state index in [1.165, 1.54) is 0 Å². The number of pyridine rings is 1. The second kappa shape index (κ2) is 5.93. The zero-order valence-electron chi connectivity index (χ0n) is 10.8. The first-order chi connectivity index (χ1) is 8.72. The molecule has 1 fully saturated rings. The van der Waals surface area contributed by atoms with Gasteiger partial charge in [-0.3, -0.25) is 14.7 Å². The van der Waals surface area contributed by atoms with Gasteiger partial charge < -0.3 is 10.1 Å². The van der Waals surface area contributed by atoms with Gasteiger partial charge in [0.2, 0.25) is 0 Å². The van der Waals surface area contributed by atoms with Crippen LogP contribution in [0, 0.1) is 5.92 Å². The summed E-state index contributed by atoms with van der Waals surface area (Å²) in [6.45, 7) is 3.88. The number of carbonyl (C=O) groups excluding carboxylic acids is 1. The monoisotopic (exact) mass is 249 g/mol. The quantitative estimate of drug-likeness (QED) is 0.826. The third kappa shape index (κ3) is 3.05. The Labute approximate surface area is 107 Å². The van der Waals surface area contributed by atoms with Gasteiger partial charge >= 0.3 is 0 Å². The van der Waals surface area contributed by atoms with Gasteiger partial charge in [0.25, 0.3) is 5.91 Å². The van der Waals surface area contributed by atoms with Crippen LogP contribution >= 0.6 is 0 Å². The lowest BCUT2D eigenvalue weighted by Crippen LogP contribution is -2.47. The summed E-state index contributed by atoms with van der Waals surface area (Å²) >= 11 is 0. The molecule has 1 aromatic rings. The summed E-state index contributed by atoms with van der Waals surface area (Å²) in [7, 11) is 3.35. The molecule has 0 spiro atoms. The van der Waals surface area contributed by atoms with Gasteiger partial charge in [-0.1, -0.05) is 6.07 Å². The average molecular weight is 249 g/mol. The Morgan fingerprint density at radius 1 is 1.56 bits per heavy atom. The summed E-state index contributed by atoms with van der Waals surface area (Å²) in [4.78, 5) is 17.8. The first-order valence-corrected chi connectivity index (χ1v) is 6.11. The van der Waals surface area contributed by atoms with Crippen LogP contribution in [0.15, 0.2) is 18.3 Å². The van der Waals surface area contributed by atoms with Crippen molar-refractivity contribution in [3.05, 3.63) is 29.6 Å². The van der Waals surface area contributed by atoms with E-state index in [1.54, 1.807) is 26.4 Å². The fraction of sp³-hybridized carbons (Fsp3) is 0.538. The summed E-state index contributed by atoms with van der Waals surface area (Å²) < 4.78 is 5.12. The van der Waals surface area contributed by atoms with Crippen LogP contribution in [-0.2, 0) is 11.3 Å². The lowest BCUT2D eigenvalue weighted by molar-refractivity contribution is 0.0293. The van der Waals surface area contributed by atoms with Crippen LogP contribution in [0.3, 0.4) is 0 Å². The molecule has 98 valence electrons. The number of methoxy groups -OCH3 is 1. The zero-order chi connectivity index (χ0) is 13.0. The molecule has 0 aliphatic carbocycles. The third-order valence-corrected chi connectivity index (χ3v) is 3.13. The zero-order valence-corrected chi connectivity index (χ0v) is 10.8. The minimum absolute atomic E-state index is 0.148. The fourth-order valence-electron chi connectivity index (χ4n) is 2.19. The average Bonchev–Trinajstić information content (AvgIpc) is 2.36. The van der Waals surface area contributed by atoms with Gasteiger partial charge in [0.05, 0.1) is 6.61 Å². The largest absolute Gasteiger partial charge is 0.384 e. The van der Waals surface area contributed by atoms with Crippen molar-refractivity contribution >= 4 is 5.91 Å². The lowest BCUT2D eigenvalue weighted by atomic mass is 10.0. The fourth-order valence-corrected chi connectivity index (χ4v) is 2.19. The molecular formula is C13H19N3O2. The lowest BCUT2D eigenvalue weighted by Gasteiger charge is -2.38. The van der Waals surface area contributed by atoms with Crippen LogP contribution in [0.1, 0.15) is 16.1 Å². The standard InChI is InChI=1S/C13H19N3O2/c1-14-13(17)12-4-3-10(5-15-12)6-16-7-11(8-16)9-18-2/h3-5,11H,6-9H2,1-2H3,(H,14,17). The number of nitrogens with one attached hydrogen (secondary N) is 1. The van der Waals surface area contributed by atoms with Gasteiger partial charge in [-0.25, -0.2) is 0 Å². The summed E-state index contributed by atoms with van der Waals surface area (Å²) in [6, 6.07) is 3.72. The van der Waals surface area contributed by atoms with Gasteiger partial charge in [-0.05, 0) is 11.6 Å². The van der Waals surface area contributed by atoms with Gasteiger partial charge in [-0.2, -0.15) is 0 Å². The molecule has 1 saturated heterocycles. The SMILES string of the molecule is CNC(=O)c1ccc(CN2CC(COC)C2)cn1. The van der Waals surface area contributed by atoms with E-state index in [0.717, 1.165) is 31.8 Å². The minimum Gasteiger partial charge on any atom is -0.384 e. The Balaban J connectivity index is 1.83. The van der Waals surface area contributed by atoms with Crippen LogP contribution in [0.2, 0.25) is 0 Å². The second-order valence-electron chi connectivity index (χ2n) is 4.65. The molecule has 1 aliphatic rings. The maximum absolute atomic E-state index is 11.3. The van der Waals surface area contributed by atoms with Crippen molar-refractivity contribution < 1.29 is 9.53 Å². The van der Waals surface area contributed by atoms with Gasteiger partial charge in [0.1, 0.15) is 5.69 Å². The summed E-state index contributed by atoms with van der Waals surface area (Å²) in [5.41, 5.74) is 1.60. The molecule has 5 nitrogen and oxygen atoms in total. The number of hydrogen-bond acceptors (Lipinski definition) is 4. The predicted octanol–water partition coefficient (Wildman–Crippen LogP) is 0.519. The molecule has 0 aromatic carbocycles. The minimum atomic E-state index is -0.148. The van der Waals surface area contributed by atoms with Crippen LogP contribution in [-0.4, -0.2) is 49.6 Å². The Morgan fingerprint density at radius 3 is 2.89 bits per heavy atom. The topological polar surface area (TPSA) is 54.5 Å². The van der Waals surface area contributed by atoms with Crippen LogP contribution in [0.25, 0.3) is 0 Å². The molecule has 2 rings (SSSR count). The molecule has 1 aromatic heterocycles. The number of ether oxygens (including phenoxy) is 1. The second-order valence-corrected chi connectivity index (χ2v) is 4.65. The molecule has 18 heavy (non-hydrogen) atoms. The molecule has 0 unspecified atom stereocenters. The number of amides is 1. The van der Waals surface area contributed by atoms with Crippen molar-refractivity contribution in [2.24, 2.45) is 5.92 Å². The molecule has 1 aliphatic heterocycles. The van der Waals surface area contributed by atoms with Crippen molar-refractivity contribution in [2.45, 2.75) is 6.54 Å². The van der Waals surface area contributed by atoms with Crippen molar-refractivity contribution in [1.29, 1.82) is 0 Å². The highest BCUT2D eigenvalue weighted by Crippen LogP contribution is 2.18. The molecule has 0 bridgehead atoms. The van der Waals surface area contributed by atoms with E-state index >= 15 is 0 Å². The maximum Gasteiger partial charge on any atom is 0.269 e. The van der Waals surface area contributed by atoms with Crippen molar-refractivity contribution in [2.75, 3.05) is 33.9 Å². The number of hydrogen-bond donors (Lipinski definition) is 1. The molecule has 1 N–H and O–H groups in total. The molecule has 2 heterocycles. The maximum atomic E-state index is 11.3. The molecule has 0 radical (unpaired) electrons. The predicted molar refractivity (Wildman–Crippen MR) is 68.3 cm³/mol. The van der Waals surface area contributed by atoms with Crippen LogP contribution in [0.5, 0.6) is 0 Å². The summed E-state index contributed by atoms with van der Waals surface area (Å²) in [5.74, 6) is 0.513. The Bertz CT molecular complexity index is 399. The molecular weight excluding hydrogens is 230 g/mol. The highest BCUT2D eigenvalue weighted by atomic mass is 16.5. The first-order valence-electron chi connectivity index (χ1n) is 6.11. The van der Waals surface area contributed by atoms with E-state index in [1.807, 2.05) is 6.07 Å². The first kappa shape index (κ1) is 13.0. The van der Waals surface area contributed by atoms with Gasteiger partial charge in [0, 0.05) is 45.9 Å². The summed E-state index contributed by atoms with van der Waals surface area (Å²) in [5, 5.41) is 2.56. The van der Waals surface area contributed by atoms with E-state index in [-0.39, 0.29) is 5.91 Å². The van der Waals surface area contributed by atoms with Gasteiger partial charge in [0.15, 0.2) is 0 Å². The van der Waals surface area contributed by atoms with E-state index < -0.39 is 0 Å². The number of nitrogens with zero attached hydrogens (tertiary/aromatic N) is 2. The van der Waals surface area contributed by atoms with Gasteiger partial charge in [-0.15, -0.1) is 0 Å². The third-order valence-electron chi connectivity index (χ3n) is 3.13. The number of aromatic nitrogens is 1. The number of likely N-dealkylation sites (tertiary alicyclic amines) is 1. The molecule has 5 heteroatoms. The Kier molecular flexibility index (Phi) is 4.28. The smallest absolute Gasteiger partial charge is 0.269 e. The highest BCUT2D eigenvalue weighted by Gasteiger charge is 2.26. The Hall–Kier alpha value is -1.46. The number of carbonyl (C=O) groups is 1. The van der Waals surface area contributed by atoms with Crippen molar-refractivity contribution in [1.82, 2.24) is 15.2 Å². The summed E-state index contributed by atoms with van der Waals surface area (Å²) in [6.07, 6.45) is 1.77. The molecule has 0 atom stereocenters. The molecule has 1 amide bonds. The Morgan fingerprint density at radius 2 is 2.33 bits per heavy atom. The van der Waals surface area contributed by atoms with Crippen LogP contribution in [0.4, 0.5) is 0 Å². The molecule has 0 saturated carbocycles. The van der Waals surface area contributed by atoms with Crippen molar-refractivity contribution in [3.63, 3.8) is 0 Å². The highest BCUT2D eigenvalue weighted by molar-refractivity contribution is 5.91. The van der Waals surface area contributed by atoms with E-state index in [0.29, 0.717) is 11.6 Å². The van der Waals surface area contributed by atoms with E-state index in [2.05, 4.69) is 15.2 Å². The van der Waals surface area contributed by atoms with E-state index in [4.69, 9.17) is 4.74 Å². The van der Waals surface area contributed by atoms with E-state index in [9.17, 15) is 4.79 Å².